The number of aromatic nitrogens is 1. The fourth-order valence-electron chi connectivity index (χ4n) is 2.83. The lowest BCUT2D eigenvalue weighted by molar-refractivity contribution is -0.137. The van der Waals surface area contributed by atoms with E-state index in [4.69, 9.17) is 5.11 Å². The number of nitrogens with zero attached hydrogens (tertiary/aromatic N) is 1. The van der Waals surface area contributed by atoms with Crippen molar-refractivity contribution in [3.63, 3.8) is 0 Å². The highest BCUT2D eigenvalue weighted by Gasteiger charge is 2.25. The number of aliphatic carboxylic acids is 1. The molecule has 2 aromatic rings. The van der Waals surface area contributed by atoms with Crippen molar-refractivity contribution < 1.29 is 9.90 Å². The van der Waals surface area contributed by atoms with Gasteiger partial charge in [-0.2, -0.15) is 0 Å². The van der Waals surface area contributed by atoms with Crippen LogP contribution < -0.4 is 10.5 Å². The van der Waals surface area contributed by atoms with Gasteiger partial charge in [-0.1, -0.05) is 18.2 Å². The standard InChI is InChI=1S/C15H16N2O3/c18-14(19)7-10-5-6-17(9-10)13-8-11-3-1-2-4-12(11)15(20)16-13/h1-4,8,10H,5-7,9H2,(H,16,20)(H,18,19). The first-order valence-corrected chi connectivity index (χ1v) is 6.72. The van der Waals surface area contributed by atoms with Gasteiger partial charge in [-0.3, -0.25) is 9.59 Å². The van der Waals surface area contributed by atoms with E-state index in [0.717, 1.165) is 24.2 Å². The molecule has 1 aromatic heterocycles. The van der Waals surface area contributed by atoms with Crippen LogP contribution in [0.25, 0.3) is 10.8 Å². The molecule has 2 N–H and O–H groups in total. The Morgan fingerprint density at radius 1 is 1.40 bits per heavy atom. The van der Waals surface area contributed by atoms with Gasteiger partial charge in [0.15, 0.2) is 0 Å². The van der Waals surface area contributed by atoms with Crippen LogP contribution >= 0.6 is 0 Å². The van der Waals surface area contributed by atoms with E-state index in [1.54, 1.807) is 6.07 Å². The lowest BCUT2D eigenvalue weighted by Gasteiger charge is -2.18. The van der Waals surface area contributed by atoms with Crippen molar-refractivity contribution in [2.24, 2.45) is 5.92 Å². The number of benzene rings is 1. The zero-order chi connectivity index (χ0) is 14.1. The number of carboxylic acids is 1. The lowest BCUT2D eigenvalue weighted by Crippen LogP contribution is -2.24. The molecule has 2 heterocycles. The molecule has 104 valence electrons. The van der Waals surface area contributed by atoms with E-state index in [1.165, 1.54) is 0 Å². The molecule has 0 bridgehead atoms. The SMILES string of the molecule is O=C(O)CC1CCN(c2cc3ccccc3c(=O)[nH]2)C1. The molecule has 0 saturated carbocycles. The van der Waals surface area contributed by atoms with Gasteiger partial charge in [0, 0.05) is 24.9 Å². The summed E-state index contributed by atoms with van der Waals surface area (Å²) in [5, 5.41) is 10.4. The molecule has 20 heavy (non-hydrogen) atoms. The van der Waals surface area contributed by atoms with Crippen LogP contribution in [0.15, 0.2) is 35.1 Å². The first-order valence-electron chi connectivity index (χ1n) is 6.72. The molecule has 0 spiro atoms. The molecule has 0 radical (unpaired) electrons. The summed E-state index contributed by atoms with van der Waals surface area (Å²) in [6.07, 6.45) is 1.04. The molecule has 0 aliphatic carbocycles. The number of carbonyl (C=O) groups is 1. The third-order valence-electron chi connectivity index (χ3n) is 3.83. The van der Waals surface area contributed by atoms with E-state index in [9.17, 15) is 9.59 Å². The highest BCUT2D eigenvalue weighted by atomic mass is 16.4. The number of fused-ring (bicyclic) bond motifs is 1. The minimum atomic E-state index is -0.760. The minimum absolute atomic E-state index is 0.0974. The zero-order valence-electron chi connectivity index (χ0n) is 11.0. The number of H-pyrrole nitrogens is 1. The second-order valence-corrected chi connectivity index (χ2v) is 5.27. The Morgan fingerprint density at radius 3 is 3.00 bits per heavy atom. The topological polar surface area (TPSA) is 73.4 Å². The fourth-order valence-corrected chi connectivity index (χ4v) is 2.83. The summed E-state index contributed by atoms with van der Waals surface area (Å²) in [6, 6.07) is 9.42. The first kappa shape index (κ1) is 12.7. The van der Waals surface area contributed by atoms with Crippen molar-refractivity contribution in [1.82, 2.24) is 4.98 Å². The molecule has 1 fully saturated rings. The van der Waals surface area contributed by atoms with E-state index >= 15 is 0 Å². The van der Waals surface area contributed by atoms with E-state index in [2.05, 4.69) is 9.88 Å². The summed E-state index contributed by atoms with van der Waals surface area (Å²) in [5.41, 5.74) is -0.0974. The van der Waals surface area contributed by atoms with Crippen LogP contribution in [-0.4, -0.2) is 29.1 Å². The van der Waals surface area contributed by atoms with Crippen molar-refractivity contribution in [1.29, 1.82) is 0 Å². The smallest absolute Gasteiger partial charge is 0.303 e. The van der Waals surface area contributed by atoms with E-state index in [0.29, 0.717) is 11.9 Å². The molecule has 1 aliphatic rings. The van der Waals surface area contributed by atoms with Crippen LogP contribution in [0.2, 0.25) is 0 Å². The Hall–Kier alpha value is -2.30. The van der Waals surface area contributed by atoms with E-state index in [-0.39, 0.29) is 17.9 Å². The fraction of sp³-hybridized carbons (Fsp3) is 0.333. The maximum Gasteiger partial charge on any atom is 0.303 e. The number of carboxylic acid groups (broad SMARTS) is 1. The highest BCUT2D eigenvalue weighted by molar-refractivity contribution is 5.83. The predicted molar refractivity (Wildman–Crippen MR) is 77.1 cm³/mol. The summed E-state index contributed by atoms with van der Waals surface area (Å²) < 4.78 is 0. The number of hydrogen-bond acceptors (Lipinski definition) is 3. The zero-order valence-corrected chi connectivity index (χ0v) is 11.0. The second-order valence-electron chi connectivity index (χ2n) is 5.27. The van der Waals surface area contributed by atoms with Crippen LogP contribution in [0.1, 0.15) is 12.8 Å². The normalized spacial score (nSPS) is 18.6. The first-order chi connectivity index (χ1) is 9.63. The average molecular weight is 272 g/mol. The van der Waals surface area contributed by atoms with E-state index in [1.807, 2.05) is 24.3 Å². The van der Waals surface area contributed by atoms with Gasteiger partial charge in [0.1, 0.15) is 5.82 Å². The summed E-state index contributed by atoms with van der Waals surface area (Å²) in [5.74, 6) is 0.174. The Balaban J connectivity index is 1.88. The third kappa shape index (κ3) is 2.39. The molecule has 5 heteroatoms. The lowest BCUT2D eigenvalue weighted by atomic mass is 10.1. The quantitative estimate of drug-likeness (QED) is 0.894. The monoisotopic (exact) mass is 272 g/mol. The van der Waals surface area contributed by atoms with Gasteiger partial charge in [-0.15, -0.1) is 0 Å². The van der Waals surface area contributed by atoms with Gasteiger partial charge >= 0.3 is 5.97 Å². The minimum Gasteiger partial charge on any atom is -0.481 e. The Labute approximate surface area is 115 Å². The molecule has 0 amide bonds. The molecular weight excluding hydrogens is 256 g/mol. The number of aromatic amines is 1. The highest BCUT2D eigenvalue weighted by Crippen LogP contribution is 2.25. The van der Waals surface area contributed by atoms with Crippen molar-refractivity contribution >= 4 is 22.6 Å². The van der Waals surface area contributed by atoms with Crippen LogP contribution in [0.3, 0.4) is 0 Å². The van der Waals surface area contributed by atoms with Gasteiger partial charge in [0.25, 0.3) is 5.56 Å². The van der Waals surface area contributed by atoms with Crippen molar-refractivity contribution in [2.75, 3.05) is 18.0 Å². The van der Waals surface area contributed by atoms with Gasteiger partial charge in [-0.25, -0.2) is 0 Å². The summed E-state index contributed by atoms with van der Waals surface area (Å²) in [6.45, 7) is 1.47. The van der Waals surface area contributed by atoms with Crippen LogP contribution in [0.5, 0.6) is 0 Å². The van der Waals surface area contributed by atoms with E-state index < -0.39 is 5.97 Å². The van der Waals surface area contributed by atoms with Crippen LogP contribution in [0.4, 0.5) is 5.82 Å². The Kier molecular flexibility index (Phi) is 3.18. The number of nitrogens with one attached hydrogen (secondary N) is 1. The number of pyridine rings is 1. The van der Waals surface area contributed by atoms with Gasteiger partial charge in [0.2, 0.25) is 0 Å². The second kappa shape index (κ2) is 5.00. The third-order valence-corrected chi connectivity index (χ3v) is 3.83. The maximum atomic E-state index is 12.0. The summed E-state index contributed by atoms with van der Waals surface area (Å²) in [7, 11) is 0. The summed E-state index contributed by atoms with van der Waals surface area (Å²) in [4.78, 5) is 27.7. The molecule has 1 atom stereocenters. The largest absolute Gasteiger partial charge is 0.481 e. The molecule has 1 saturated heterocycles. The van der Waals surface area contributed by atoms with Crippen LogP contribution in [0, 0.1) is 5.92 Å². The molecular formula is C15H16N2O3. The van der Waals surface area contributed by atoms with Crippen LogP contribution in [-0.2, 0) is 4.79 Å². The Bertz CT molecular complexity index is 708. The summed E-state index contributed by atoms with van der Waals surface area (Å²) >= 11 is 0. The van der Waals surface area contributed by atoms with Gasteiger partial charge in [0.05, 0.1) is 0 Å². The molecule has 1 aromatic carbocycles. The number of hydrogen-bond donors (Lipinski definition) is 2. The average Bonchev–Trinajstić information content (AvgIpc) is 2.86. The molecule has 5 nitrogen and oxygen atoms in total. The number of anilines is 1. The van der Waals surface area contributed by atoms with Crippen molar-refractivity contribution in [3.05, 3.63) is 40.7 Å². The molecule has 1 unspecified atom stereocenters. The molecule has 1 aliphatic heterocycles. The van der Waals surface area contributed by atoms with Gasteiger partial charge in [-0.05, 0) is 29.9 Å². The van der Waals surface area contributed by atoms with Gasteiger partial charge < -0.3 is 15.0 Å². The van der Waals surface area contributed by atoms with Crippen molar-refractivity contribution in [2.45, 2.75) is 12.8 Å². The molecule has 3 rings (SSSR count). The van der Waals surface area contributed by atoms with Crippen molar-refractivity contribution in [3.8, 4) is 0 Å². The maximum absolute atomic E-state index is 12.0. The predicted octanol–water partition coefficient (Wildman–Crippen LogP) is 1.83. The Morgan fingerprint density at radius 2 is 2.20 bits per heavy atom. The number of rotatable bonds is 3.